The van der Waals surface area contributed by atoms with Gasteiger partial charge in [-0.15, -0.1) is 11.3 Å². The molecular weight excluding hydrogens is 452 g/mol. The third-order valence-corrected chi connectivity index (χ3v) is 6.15. The Kier molecular flexibility index (Phi) is 5.10. The first-order valence-electron chi connectivity index (χ1n) is 8.92. The van der Waals surface area contributed by atoms with E-state index >= 15 is 0 Å². The van der Waals surface area contributed by atoms with E-state index in [9.17, 15) is 14.7 Å². The fourth-order valence-electron chi connectivity index (χ4n) is 3.49. The molecule has 0 saturated carbocycles. The summed E-state index contributed by atoms with van der Waals surface area (Å²) in [6, 6.07) is 12.2. The molecule has 1 aromatic heterocycles. The number of aryl methyl sites for hydroxylation is 2. The lowest BCUT2D eigenvalue weighted by Crippen LogP contribution is -2.29. The maximum absolute atomic E-state index is 13.0. The predicted molar refractivity (Wildman–Crippen MR) is 117 cm³/mol. The molecule has 0 radical (unpaired) electrons. The van der Waals surface area contributed by atoms with Crippen LogP contribution in [0.15, 0.2) is 64.1 Å². The molecule has 3 aromatic rings. The van der Waals surface area contributed by atoms with E-state index < -0.39 is 17.7 Å². The van der Waals surface area contributed by atoms with E-state index in [1.165, 1.54) is 16.2 Å². The minimum atomic E-state index is -0.765. The van der Waals surface area contributed by atoms with Crippen LogP contribution in [0.2, 0.25) is 0 Å². The Labute approximate surface area is 180 Å². The monoisotopic (exact) mass is 468 g/mol. The summed E-state index contributed by atoms with van der Waals surface area (Å²) in [6.45, 7) is 3.77. The Bertz CT molecular complexity index is 1150. The van der Waals surface area contributed by atoms with Crippen LogP contribution in [0.25, 0.3) is 5.76 Å². The van der Waals surface area contributed by atoms with Gasteiger partial charge in [0.1, 0.15) is 5.76 Å². The standard InChI is InChI=1S/C22H17BrN2O3S/c1-12-6-7-13(2)16(10-12)19(26)17-18(14-4-3-5-15(23)11-14)25(21(28)20(17)27)22-24-8-9-29-22/h3-11,18,26H,1-2H3/b19-17+. The fourth-order valence-corrected chi connectivity index (χ4v) is 4.58. The van der Waals surface area contributed by atoms with Gasteiger partial charge in [-0.25, -0.2) is 4.98 Å². The first kappa shape index (κ1) is 19.5. The molecule has 1 saturated heterocycles. The van der Waals surface area contributed by atoms with E-state index in [0.29, 0.717) is 16.3 Å². The number of halogens is 1. The van der Waals surface area contributed by atoms with Crippen LogP contribution in [-0.2, 0) is 9.59 Å². The molecule has 4 rings (SSSR count). The van der Waals surface area contributed by atoms with Crippen molar-refractivity contribution in [3.63, 3.8) is 0 Å². The van der Waals surface area contributed by atoms with E-state index in [1.807, 2.05) is 56.3 Å². The summed E-state index contributed by atoms with van der Waals surface area (Å²) in [5.41, 5.74) is 3.09. The van der Waals surface area contributed by atoms with Crippen molar-refractivity contribution >= 4 is 49.8 Å². The van der Waals surface area contributed by atoms with Crippen molar-refractivity contribution in [2.45, 2.75) is 19.9 Å². The number of anilines is 1. The minimum Gasteiger partial charge on any atom is -0.507 e. The topological polar surface area (TPSA) is 70.5 Å². The lowest BCUT2D eigenvalue weighted by molar-refractivity contribution is -0.132. The predicted octanol–water partition coefficient (Wildman–Crippen LogP) is 5.15. The van der Waals surface area contributed by atoms with Crippen molar-refractivity contribution < 1.29 is 14.7 Å². The molecule has 146 valence electrons. The molecule has 1 aliphatic heterocycles. The number of rotatable bonds is 3. The number of aliphatic hydroxyl groups is 1. The number of hydrogen-bond acceptors (Lipinski definition) is 5. The molecule has 1 fully saturated rings. The molecule has 29 heavy (non-hydrogen) atoms. The average Bonchev–Trinajstić information content (AvgIpc) is 3.30. The number of nitrogens with zero attached hydrogens (tertiary/aromatic N) is 2. The fraction of sp³-hybridized carbons (Fsp3) is 0.136. The summed E-state index contributed by atoms with van der Waals surface area (Å²) in [5, 5.41) is 13.3. The van der Waals surface area contributed by atoms with E-state index in [-0.39, 0.29) is 11.3 Å². The van der Waals surface area contributed by atoms with Gasteiger partial charge in [0.15, 0.2) is 5.13 Å². The number of carbonyl (C=O) groups excluding carboxylic acids is 2. The van der Waals surface area contributed by atoms with E-state index in [2.05, 4.69) is 20.9 Å². The maximum atomic E-state index is 13.0. The molecule has 1 atom stereocenters. The highest BCUT2D eigenvalue weighted by atomic mass is 79.9. The number of hydrogen-bond donors (Lipinski definition) is 1. The number of carbonyl (C=O) groups is 2. The normalized spacial score (nSPS) is 18.4. The molecule has 0 aliphatic carbocycles. The summed E-state index contributed by atoms with van der Waals surface area (Å²) in [4.78, 5) is 31.6. The van der Waals surface area contributed by atoms with Gasteiger partial charge in [-0.3, -0.25) is 14.5 Å². The number of thiazole rings is 1. The summed E-state index contributed by atoms with van der Waals surface area (Å²) < 4.78 is 0.812. The number of aliphatic hydroxyl groups excluding tert-OH is 1. The smallest absolute Gasteiger partial charge is 0.301 e. The highest BCUT2D eigenvalue weighted by molar-refractivity contribution is 9.10. The molecule has 7 heteroatoms. The van der Waals surface area contributed by atoms with Crippen LogP contribution in [0.3, 0.4) is 0 Å². The van der Waals surface area contributed by atoms with Crippen molar-refractivity contribution in [1.82, 2.24) is 4.98 Å². The molecule has 1 amide bonds. The Morgan fingerprint density at radius 1 is 1.17 bits per heavy atom. The zero-order chi connectivity index (χ0) is 20.7. The molecule has 0 bridgehead atoms. The number of amides is 1. The van der Waals surface area contributed by atoms with Gasteiger partial charge in [0.25, 0.3) is 5.78 Å². The molecule has 1 aliphatic rings. The number of ketones is 1. The van der Waals surface area contributed by atoms with Crippen LogP contribution in [0.5, 0.6) is 0 Å². The zero-order valence-electron chi connectivity index (χ0n) is 15.7. The lowest BCUT2D eigenvalue weighted by Gasteiger charge is -2.23. The number of benzene rings is 2. The van der Waals surface area contributed by atoms with E-state index in [1.54, 1.807) is 11.6 Å². The first-order valence-corrected chi connectivity index (χ1v) is 10.6. The van der Waals surface area contributed by atoms with Crippen molar-refractivity contribution in [2.24, 2.45) is 0 Å². The molecule has 2 heterocycles. The Morgan fingerprint density at radius 2 is 1.97 bits per heavy atom. The summed E-state index contributed by atoms with van der Waals surface area (Å²) >= 11 is 4.72. The van der Waals surface area contributed by atoms with Gasteiger partial charge in [0.2, 0.25) is 0 Å². The van der Waals surface area contributed by atoms with Gasteiger partial charge < -0.3 is 5.11 Å². The van der Waals surface area contributed by atoms with Crippen LogP contribution >= 0.6 is 27.3 Å². The van der Waals surface area contributed by atoms with Crippen LogP contribution in [-0.4, -0.2) is 21.8 Å². The van der Waals surface area contributed by atoms with Crippen LogP contribution in [0.1, 0.15) is 28.3 Å². The maximum Gasteiger partial charge on any atom is 0.301 e. The Balaban J connectivity index is 1.99. The van der Waals surface area contributed by atoms with Crippen molar-refractivity contribution in [3.8, 4) is 0 Å². The second-order valence-electron chi connectivity index (χ2n) is 6.86. The van der Waals surface area contributed by atoms with Crippen LogP contribution in [0, 0.1) is 13.8 Å². The first-order chi connectivity index (χ1) is 13.9. The molecular formula is C22H17BrN2O3S. The van der Waals surface area contributed by atoms with Gasteiger partial charge >= 0.3 is 5.91 Å². The second kappa shape index (κ2) is 7.57. The Hall–Kier alpha value is -2.77. The quantitative estimate of drug-likeness (QED) is 0.327. The van der Waals surface area contributed by atoms with Crippen molar-refractivity contribution in [3.05, 3.63) is 86.3 Å². The van der Waals surface area contributed by atoms with Gasteiger partial charge in [-0.2, -0.15) is 0 Å². The third kappa shape index (κ3) is 3.41. The van der Waals surface area contributed by atoms with E-state index in [0.717, 1.165) is 15.6 Å². The molecule has 1 N–H and O–H groups in total. The second-order valence-corrected chi connectivity index (χ2v) is 8.65. The number of aromatic nitrogens is 1. The van der Waals surface area contributed by atoms with Crippen LogP contribution in [0.4, 0.5) is 5.13 Å². The molecule has 5 nitrogen and oxygen atoms in total. The lowest BCUT2D eigenvalue weighted by atomic mass is 9.93. The zero-order valence-corrected chi connectivity index (χ0v) is 18.1. The summed E-state index contributed by atoms with van der Waals surface area (Å²) in [5.74, 6) is -1.59. The molecule has 0 spiro atoms. The van der Waals surface area contributed by atoms with Gasteiger partial charge in [0, 0.05) is 21.6 Å². The molecule has 2 aromatic carbocycles. The summed E-state index contributed by atoms with van der Waals surface area (Å²) in [6.07, 6.45) is 1.59. The average molecular weight is 469 g/mol. The summed E-state index contributed by atoms with van der Waals surface area (Å²) in [7, 11) is 0. The van der Waals surface area contributed by atoms with Gasteiger partial charge in [-0.05, 0) is 43.2 Å². The largest absolute Gasteiger partial charge is 0.507 e. The van der Waals surface area contributed by atoms with Gasteiger partial charge in [-0.1, -0.05) is 45.8 Å². The van der Waals surface area contributed by atoms with Crippen molar-refractivity contribution in [2.75, 3.05) is 4.90 Å². The molecule has 1 unspecified atom stereocenters. The van der Waals surface area contributed by atoms with E-state index in [4.69, 9.17) is 0 Å². The highest BCUT2D eigenvalue weighted by Crippen LogP contribution is 2.43. The highest BCUT2D eigenvalue weighted by Gasteiger charge is 2.48. The van der Waals surface area contributed by atoms with Gasteiger partial charge in [0.05, 0.1) is 11.6 Å². The Morgan fingerprint density at radius 3 is 2.66 bits per heavy atom. The minimum absolute atomic E-state index is 0.0667. The van der Waals surface area contributed by atoms with Crippen molar-refractivity contribution in [1.29, 1.82) is 0 Å². The number of Topliss-reactive ketones (excluding diaryl/α,β-unsaturated/α-hetero) is 1. The van der Waals surface area contributed by atoms with Crippen LogP contribution < -0.4 is 4.90 Å². The SMILES string of the molecule is Cc1ccc(C)c(/C(O)=C2\C(=O)C(=O)N(c3nccs3)C2c2cccc(Br)c2)c1. The third-order valence-electron chi connectivity index (χ3n) is 4.88.